The Balaban J connectivity index is 2.36. The van der Waals surface area contributed by atoms with Crippen LogP contribution in [0.25, 0.3) is 0 Å². The van der Waals surface area contributed by atoms with Crippen molar-refractivity contribution in [3.63, 3.8) is 0 Å². The van der Waals surface area contributed by atoms with Crippen molar-refractivity contribution >= 4 is 17.3 Å². The van der Waals surface area contributed by atoms with E-state index in [0.717, 1.165) is 29.4 Å². The van der Waals surface area contributed by atoms with Crippen molar-refractivity contribution in [2.24, 2.45) is 0 Å². The lowest BCUT2D eigenvalue weighted by Crippen LogP contribution is -2.63. The lowest BCUT2D eigenvalue weighted by Gasteiger charge is -2.48. The van der Waals surface area contributed by atoms with Gasteiger partial charge in [0, 0.05) is 35.4 Å². The second-order valence-electron chi connectivity index (χ2n) is 5.57. The van der Waals surface area contributed by atoms with Gasteiger partial charge in [0.1, 0.15) is 0 Å². The van der Waals surface area contributed by atoms with Crippen LogP contribution in [0.15, 0.2) is 18.2 Å². The monoisotopic (exact) mass is 268 g/mol. The quantitative estimate of drug-likeness (QED) is 0.863. The van der Waals surface area contributed by atoms with Crippen LogP contribution in [0, 0.1) is 6.92 Å². The Kier molecular flexibility index (Phi) is 3.85. The largest absolute Gasteiger partial charge is 0.395 e. The van der Waals surface area contributed by atoms with E-state index in [0.29, 0.717) is 0 Å². The maximum absolute atomic E-state index is 9.33. The lowest BCUT2D eigenvalue weighted by molar-refractivity contribution is 0.210. The molecule has 3 nitrogen and oxygen atoms in total. The highest BCUT2D eigenvalue weighted by Gasteiger charge is 2.34. The maximum atomic E-state index is 9.33. The van der Waals surface area contributed by atoms with Crippen molar-refractivity contribution in [2.45, 2.75) is 32.4 Å². The molecule has 1 unspecified atom stereocenters. The van der Waals surface area contributed by atoms with E-state index < -0.39 is 0 Å². The second-order valence-corrected chi connectivity index (χ2v) is 5.97. The molecule has 1 aliphatic heterocycles. The van der Waals surface area contributed by atoms with Gasteiger partial charge >= 0.3 is 0 Å². The summed E-state index contributed by atoms with van der Waals surface area (Å²) in [6.07, 6.45) is 0. The highest BCUT2D eigenvalue weighted by molar-refractivity contribution is 6.31. The first-order valence-electron chi connectivity index (χ1n) is 6.32. The number of anilines is 1. The van der Waals surface area contributed by atoms with Crippen molar-refractivity contribution < 1.29 is 5.11 Å². The summed E-state index contributed by atoms with van der Waals surface area (Å²) in [4.78, 5) is 2.34. The maximum Gasteiger partial charge on any atom is 0.0601 e. The summed E-state index contributed by atoms with van der Waals surface area (Å²) < 4.78 is 0. The predicted molar refractivity (Wildman–Crippen MR) is 76.5 cm³/mol. The predicted octanol–water partition coefficient (Wildman–Crippen LogP) is 2.20. The third-order valence-electron chi connectivity index (χ3n) is 3.71. The number of nitrogens with one attached hydrogen (secondary N) is 1. The molecule has 0 aromatic heterocycles. The van der Waals surface area contributed by atoms with Gasteiger partial charge in [0.15, 0.2) is 0 Å². The average Bonchev–Trinajstić information content (AvgIpc) is 2.33. The van der Waals surface area contributed by atoms with E-state index in [1.165, 1.54) is 0 Å². The van der Waals surface area contributed by atoms with Crippen molar-refractivity contribution in [3.8, 4) is 0 Å². The number of aliphatic hydroxyl groups is 1. The molecule has 1 fully saturated rings. The molecule has 18 heavy (non-hydrogen) atoms. The highest BCUT2D eigenvalue weighted by atomic mass is 35.5. The molecule has 100 valence electrons. The molecule has 1 aliphatic rings. The van der Waals surface area contributed by atoms with E-state index in [1.807, 2.05) is 19.1 Å². The molecule has 0 radical (unpaired) electrons. The summed E-state index contributed by atoms with van der Waals surface area (Å²) in [6.45, 7) is 8.26. The Morgan fingerprint density at radius 2 is 2.22 bits per heavy atom. The number of benzene rings is 1. The molecule has 1 saturated heterocycles. The fourth-order valence-corrected chi connectivity index (χ4v) is 2.63. The molecule has 1 aromatic carbocycles. The number of piperazine rings is 1. The van der Waals surface area contributed by atoms with E-state index in [4.69, 9.17) is 11.6 Å². The van der Waals surface area contributed by atoms with E-state index in [2.05, 4.69) is 30.1 Å². The van der Waals surface area contributed by atoms with Crippen LogP contribution in [0.4, 0.5) is 5.69 Å². The van der Waals surface area contributed by atoms with E-state index in [1.54, 1.807) is 0 Å². The minimum atomic E-state index is 0.0150. The van der Waals surface area contributed by atoms with Crippen LogP contribution < -0.4 is 10.2 Å². The number of halogens is 1. The van der Waals surface area contributed by atoms with Gasteiger partial charge in [-0.2, -0.15) is 0 Å². The molecule has 0 spiro atoms. The fourth-order valence-electron chi connectivity index (χ4n) is 2.46. The summed E-state index contributed by atoms with van der Waals surface area (Å²) in [5.74, 6) is 0. The first-order valence-corrected chi connectivity index (χ1v) is 6.70. The molecule has 0 bridgehead atoms. The van der Waals surface area contributed by atoms with Gasteiger partial charge in [-0.1, -0.05) is 17.7 Å². The summed E-state index contributed by atoms with van der Waals surface area (Å²) in [6, 6.07) is 6.12. The van der Waals surface area contributed by atoms with Crippen LogP contribution >= 0.6 is 11.6 Å². The fraction of sp³-hybridized carbons (Fsp3) is 0.571. The molecule has 2 rings (SSSR count). The second kappa shape index (κ2) is 5.08. The van der Waals surface area contributed by atoms with Gasteiger partial charge in [0.2, 0.25) is 0 Å². The van der Waals surface area contributed by atoms with Gasteiger partial charge in [-0.05, 0) is 38.5 Å². The van der Waals surface area contributed by atoms with Gasteiger partial charge in [0.05, 0.1) is 6.61 Å². The van der Waals surface area contributed by atoms with Crippen LogP contribution in [0.5, 0.6) is 0 Å². The Morgan fingerprint density at radius 1 is 1.50 bits per heavy atom. The summed E-state index contributed by atoms with van der Waals surface area (Å²) in [5.41, 5.74) is 2.28. The topological polar surface area (TPSA) is 35.5 Å². The van der Waals surface area contributed by atoms with Crippen LogP contribution in [-0.4, -0.2) is 36.4 Å². The van der Waals surface area contributed by atoms with Crippen LogP contribution in [0.1, 0.15) is 19.4 Å². The molecule has 0 amide bonds. The van der Waals surface area contributed by atoms with Crippen molar-refractivity contribution in [2.75, 3.05) is 24.6 Å². The Labute approximate surface area is 114 Å². The molecular formula is C14H21ClN2O. The summed E-state index contributed by atoms with van der Waals surface area (Å²) in [5, 5.41) is 13.5. The zero-order chi connectivity index (χ0) is 13.3. The van der Waals surface area contributed by atoms with E-state index >= 15 is 0 Å². The number of hydrogen-bond acceptors (Lipinski definition) is 3. The van der Waals surface area contributed by atoms with Gasteiger partial charge in [-0.3, -0.25) is 0 Å². The number of hydrogen-bond donors (Lipinski definition) is 2. The van der Waals surface area contributed by atoms with Gasteiger partial charge in [-0.15, -0.1) is 0 Å². The van der Waals surface area contributed by atoms with Gasteiger partial charge in [0.25, 0.3) is 0 Å². The molecule has 0 saturated carbocycles. The minimum absolute atomic E-state index is 0.0150. The zero-order valence-corrected chi connectivity index (χ0v) is 12.0. The average molecular weight is 269 g/mol. The minimum Gasteiger partial charge on any atom is -0.395 e. The number of nitrogens with zero attached hydrogens (tertiary/aromatic N) is 1. The molecule has 2 N–H and O–H groups in total. The Morgan fingerprint density at radius 3 is 2.89 bits per heavy atom. The molecule has 0 aliphatic carbocycles. The lowest BCUT2D eigenvalue weighted by atomic mass is 9.95. The smallest absolute Gasteiger partial charge is 0.0601 e. The van der Waals surface area contributed by atoms with Crippen molar-refractivity contribution in [3.05, 3.63) is 28.8 Å². The zero-order valence-electron chi connectivity index (χ0n) is 11.2. The van der Waals surface area contributed by atoms with Gasteiger partial charge < -0.3 is 15.3 Å². The summed E-state index contributed by atoms with van der Waals surface area (Å²) in [7, 11) is 0. The third kappa shape index (κ3) is 2.48. The van der Waals surface area contributed by atoms with Crippen LogP contribution in [0.2, 0.25) is 5.02 Å². The first-order chi connectivity index (χ1) is 8.45. The number of rotatable bonds is 2. The third-order valence-corrected chi connectivity index (χ3v) is 4.12. The van der Waals surface area contributed by atoms with Crippen molar-refractivity contribution in [1.29, 1.82) is 0 Å². The summed E-state index contributed by atoms with van der Waals surface area (Å²) >= 11 is 6.20. The Bertz CT molecular complexity index is 434. The van der Waals surface area contributed by atoms with Crippen LogP contribution in [0.3, 0.4) is 0 Å². The molecule has 1 aromatic rings. The van der Waals surface area contributed by atoms with E-state index in [-0.39, 0.29) is 18.2 Å². The normalized spacial score (nSPS) is 23.2. The van der Waals surface area contributed by atoms with Crippen molar-refractivity contribution in [1.82, 2.24) is 5.32 Å². The molecule has 1 atom stereocenters. The van der Waals surface area contributed by atoms with E-state index in [9.17, 15) is 5.11 Å². The Hall–Kier alpha value is -0.770. The SMILES string of the molecule is Cc1c(Cl)cccc1N1CC(CO)NCC1(C)C. The first kappa shape index (κ1) is 13.7. The standard InChI is InChI=1S/C14H21ClN2O/c1-10-12(15)5-4-6-13(10)17-7-11(8-18)16-9-14(17,2)3/h4-6,11,16,18H,7-9H2,1-3H3. The van der Waals surface area contributed by atoms with Crippen LogP contribution in [-0.2, 0) is 0 Å². The molecule has 1 heterocycles. The highest BCUT2D eigenvalue weighted by Crippen LogP contribution is 2.32. The van der Waals surface area contributed by atoms with Gasteiger partial charge in [-0.25, -0.2) is 0 Å². The number of aliphatic hydroxyl groups excluding tert-OH is 1. The molecular weight excluding hydrogens is 248 g/mol. The molecule has 4 heteroatoms.